The van der Waals surface area contributed by atoms with Crippen LogP contribution in [0.1, 0.15) is 46.9 Å². The maximum Gasteiger partial charge on any atom is 0.255 e. The molecule has 38 heavy (non-hydrogen) atoms. The van der Waals surface area contributed by atoms with Crippen molar-refractivity contribution < 1.29 is 9.90 Å². The van der Waals surface area contributed by atoms with Gasteiger partial charge in [-0.3, -0.25) is 4.79 Å². The quantitative estimate of drug-likeness (QED) is 0.441. The molecule has 0 aliphatic carbocycles. The highest BCUT2D eigenvalue weighted by atomic mass is 16.3. The molecule has 2 aromatic heterocycles. The van der Waals surface area contributed by atoms with Crippen molar-refractivity contribution in [3.63, 3.8) is 0 Å². The van der Waals surface area contributed by atoms with Gasteiger partial charge in [-0.25, -0.2) is 9.50 Å². The van der Waals surface area contributed by atoms with Crippen molar-refractivity contribution in [1.29, 1.82) is 5.26 Å². The van der Waals surface area contributed by atoms with E-state index in [9.17, 15) is 15.2 Å². The number of rotatable bonds is 4. The average Bonchev–Trinajstić information content (AvgIpc) is 3.55. The van der Waals surface area contributed by atoms with E-state index >= 15 is 0 Å². The van der Waals surface area contributed by atoms with Gasteiger partial charge >= 0.3 is 0 Å². The Bertz CT molecular complexity index is 1530. The highest BCUT2D eigenvalue weighted by molar-refractivity contribution is 6.01. The smallest absolute Gasteiger partial charge is 0.255 e. The molecule has 0 saturated carbocycles. The van der Waals surface area contributed by atoms with Crippen molar-refractivity contribution in [3.8, 4) is 17.2 Å². The lowest BCUT2D eigenvalue weighted by molar-refractivity contribution is 0.0606. The number of carbonyl (C=O) groups excluding carboxylic acids is 1. The molecule has 8 heteroatoms. The summed E-state index contributed by atoms with van der Waals surface area (Å²) < 4.78 is 1.78. The lowest BCUT2D eigenvalue weighted by Crippen LogP contribution is -2.39. The first-order chi connectivity index (χ1) is 18.5. The molecular weight excluding hydrogens is 476 g/mol. The summed E-state index contributed by atoms with van der Waals surface area (Å²) in [5.74, 6) is 0.354. The van der Waals surface area contributed by atoms with Gasteiger partial charge < -0.3 is 14.9 Å². The van der Waals surface area contributed by atoms with E-state index in [2.05, 4.69) is 6.07 Å². The third kappa shape index (κ3) is 4.29. The number of hydrogen-bond donors (Lipinski definition) is 1. The predicted molar refractivity (Wildman–Crippen MR) is 145 cm³/mol. The Hall–Kier alpha value is -4.22. The first kappa shape index (κ1) is 24.1. The lowest BCUT2D eigenvalue weighted by Gasteiger charge is -2.35. The number of hydrogen-bond acceptors (Lipinski definition) is 6. The van der Waals surface area contributed by atoms with E-state index in [4.69, 9.17) is 10.1 Å². The zero-order chi connectivity index (χ0) is 26.2. The summed E-state index contributed by atoms with van der Waals surface area (Å²) in [6.45, 7) is 3.48. The van der Waals surface area contributed by atoms with E-state index in [0.717, 1.165) is 47.5 Å². The lowest BCUT2D eigenvalue weighted by atomic mass is 9.95. The molecule has 0 bridgehead atoms. The number of likely N-dealkylation sites (tertiary alicyclic amines) is 1. The molecular formula is C30H30N6O2. The molecule has 8 nitrogen and oxygen atoms in total. The van der Waals surface area contributed by atoms with Gasteiger partial charge in [0.25, 0.3) is 5.91 Å². The topological polar surface area (TPSA) is 97.8 Å². The van der Waals surface area contributed by atoms with Crippen molar-refractivity contribution in [2.45, 2.75) is 38.3 Å². The van der Waals surface area contributed by atoms with Crippen molar-refractivity contribution in [2.24, 2.45) is 5.92 Å². The van der Waals surface area contributed by atoms with Crippen LogP contribution in [0.25, 0.3) is 16.8 Å². The molecule has 0 unspecified atom stereocenters. The van der Waals surface area contributed by atoms with Crippen LogP contribution in [0.4, 0.5) is 5.82 Å². The van der Waals surface area contributed by atoms with Crippen LogP contribution in [0.3, 0.4) is 0 Å². The Morgan fingerprint density at radius 3 is 2.66 bits per heavy atom. The molecule has 0 spiro atoms. The number of amides is 1. The van der Waals surface area contributed by atoms with Gasteiger partial charge in [-0.15, -0.1) is 0 Å². The number of anilines is 1. The molecule has 1 amide bonds. The molecule has 1 N–H and O–H groups in total. The number of piperidine rings is 1. The molecule has 192 valence electrons. The summed E-state index contributed by atoms with van der Waals surface area (Å²) in [7, 11) is 0. The summed E-state index contributed by atoms with van der Waals surface area (Å²) in [5, 5.41) is 24.4. The molecule has 3 atom stereocenters. The van der Waals surface area contributed by atoms with Gasteiger partial charge in [0.15, 0.2) is 5.65 Å². The van der Waals surface area contributed by atoms with Crippen LogP contribution in [-0.4, -0.2) is 56.2 Å². The minimum atomic E-state index is -0.682. The van der Waals surface area contributed by atoms with E-state index in [1.165, 1.54) is 0 Å². The van der Waals surface area contributed by atoms with Crippen molar-refractivity contribution in [3.05, 3.63) is 83.7 Å². The molecule has 6 rings (SSSR count). The minimum absolute atomic E-state index is 0.0182. The van der Waals surface area contributed by atoms with Crippen LogP contribution < -0.4 is 4.90 Å². The zero-order valence-electron chi connectivity index (χ0n) is 21.4. The van der Waals surface area contributed by atoms with Crippen molar-refractivity contribution >= 4 is 17.4 Å². The number of carbonyl (C=O) groups is 1. The number of fused-ring (bicyclic) bond motifs is 1. The summed E-state index contributed by atoms with van der Waals surface area (Å²) in [6.07, 6.45) is 4.09. The number of aliphatic hydroxyl groups is 1. The fourth-order valence-corrected chi connectivity index (χ4v) is 5.76. The number of aryl methyl sites for hydroxylation is 1. The van der Waals surface area contributed by atoms with Gasteiger partial charge in [-0.05, 0) is 43.4 Å². The standard InChI is InChI=1S/C30H30N6O2/c1-20-17-36-28(32-29(20)34-18-22(16-31)27(37)19-34)15-25(33-36)26-13-7-8-14-35(26)30(38)24-12-6-5-11-23(24)21-9-3-2-4-10-21/h2-6,9-12,15,17,22,26-27,37H,7-8,13-14,18-19H2,1H3/t22-,26+,27+/m1/s1. The fraction of sp³-hybridized carbons (Fsp3) is 0.333. The number of benzene rings is 2. The SMILES string of the molecule is Cc1cn2nc([C@@H]3CCCCN3C(=O)c3ccccc3-c3ccccc3)cc2nc1N1C[C@@H](C#N)[C@@H](O)C1. The Kier molecular flexibility index (Phi) is 6.30. The van der Waals surface area contributed by atoms with E-state index < -0.39 is 12.0 Å². The van der Waals surface area contributed by atoms with E-state index in [1.54, 1.807) is 4.52 Å². The average molecular weight is 507 g/mol. The Morgan fingerprint density at radius 2 is 1.87 bits per heavy atom. The van der Waals surface area contributed by atoms with Gasteiger partial charge in [0.2, 0.25) is 0 Å². The minimum Gasteiger partial charge on any atom is -0.390 e. The van der Waals surface area contributed by atoms with Gasteiger partial charge in [-0.1, -0.05) is 48.5 Å². The molecule has 2 aliphatic heterocycles. The second kappa shape index (κ2) is 9.92. The summed E-state index contributed by atoms with van der Waals surface area (Å²) in [6, 6.07) is 21.9. The number of nitrogens with zero attached hydrogens (tertiary/aromatic N) is 6. The first-order valence-corrected chi connectivity index (χ1v) is 13.2. The highest BCUT2D eigenvalue weighted by Gasteiger charge is 2.34. The van der Waals surface area contributed by atoms with Gasteiger partial charge in [0, 0.05) is 43.0 Å². The molecule has 4 heterocycles. The third-order valence-electron chi connectivity index (χ3n) is 7.73. The largest absolute Gasteiger partial charge is 0.390 e. The monoisotopic (exact) mass is 506 g/mol. The Morgan fingerprint density at radius 1 is 1.08 bits per heavy atom. The van der Waals surface area contributed by atoms with Crippen LogP contribution in [-0.2, 0) is 0 Å². The summed E-state index contributed by atoms with van der Waals surface area (Å²) in [5.41, 5.74) is 5.10. The number of aliphatic hydroxyl groups excluding tert-OH is 1. The molecule has 0 radical (unpaired) electrons. The van der Waals surface area contributed by atoms with Gasteiger partial charge in [-0.2, -0.15) is 10.4 Å². The number of nitriles is 1. The third-order valence-corrected chi connectivity index (χ3v) is 7.73. The van der Waals surface area contributed by atoms with E-state index in [1.807, 2.05) is 83.6 Å². The normalized spacial score (nSPS) is 21.6. The van der Waals surface area contributed by atoms with Gasteiger partial charge in [0.05, 0.1) is 29.8 Å². The molecule has 2 saturated heterocycles. The van der Waals surface area contributed by atoms with Crippen LogP contribution >= 0.6 is 0 Å². The van der Waals surface area contributed by atoms with Crippen LogP contribution in [0.15, 0.2) is 66.9 Å². The number of aromatic nitrogens is 3. The molecule has 2 aliphatic rings. The highest BCUT2D eigenvalue weighted by Crippen LogP contribution is 2.35. The van der Waals surface area contributed by atoms with Crippen molar-refractivity contribution in [2.75, 3.05) is 24.5 Å². The second-order valence-corrected chi connectivity index (χ2v) is 10.2. The maximum atomic E-state index is 14.0. The summed E-state index contributed by atoms with van der Waals surface area (Å²) in [4.78, 5) is 22.8. The van der Waals surface area contributed by atoms with Gasteiger partial charge in [0.1, 0.15) is 5.82 Å². The van der Waals surface area contributed by atoms with Crippen LogP contribution in [0.2, 0.25) is 0 Å². The summed E-state index contributed by atoms with van der Waals surface area (Å²) >= 11 is 0. The molecule has 2 aromatic carbocycles. The first-order valence-electron chi connectivity index (χ1n) is 13.2. The Balaban J connectivity index is 1.33. The van der Waals surface area contributed by atoms with E-state index in [-0.39, 0.29) is 11.9 Å². The molecule has 2 fully saturated rings. The van der Waals surface area contributed by atoms with E-state index in [0.29, 0.717) is 30.8 Å². The maximum absolute atomic E-state index is 14.0. The fourth-order valence-electron chi connectivity index (χ4n) is 5.76. The van der Waals surface area contributed by atoms with Crippen molar-refractivity contribution in [1.82, 2.24) is 19.5 Å². The Labute approximate surface area is 221 Å². The van der Waals surface area contributed by atoms with Crippen LogP contribution in [0.5, 0.6) is 0 Å². The second-order valence-electron chi connectivity index (χ2n) is 10.2. The molecule has 4 aromatic rings. The number of β-amino-alcohol motifs (C(OH)–C–C–N with tert-alkyl or cyclic N) is 1. The predicted octanol–water partition coefficient (Wildman–Crippen LogP) is 4.39. The van der Waals surface area contributed by atoms with Crippen LogP contribution in [0, 0.1) is 24.2 Å². The zero-order valence-corrected chi connectivity index (χ0v) is 21.4.